The molecule has 5 rings (SSSR count). The van der Waals surface area contributed by atoms with Gasteiger partial charge in [0.2, 0.25) is 0 Å². The van der Waals surface area contributed by atoms with Crippen molar-refractivity contribution in [2.75, 3.05) is 16.3 Å². The quantitative estimate of drug-likeness (QED) is 0.511. The fourth-order valence-corrected chi connectivity index (χ4v) is 4.99. The molecule has 144 valence electrons. The number of para-hydroxylation sites is 1. The van der Waals surface area contributed by atoms with Crippen LogP contribution in [0.3, 0.4) is 0 Å². The molecule has 0 saturated carbocycles. The first-order valence-electron chi connectivity index (χ1n) is 9.03. The molecule has 0 unspecified atom stereocenters. The number of rotatable bonds is 3. The molecular formula is C22H14Cl2N2O2S. The smallest absolute Gasteiger partial charge is 0.282 e. The van der Waals surface area contributed by atoms with Crippen LogP contribution in [0.25, 0.3) is 5.57 Å². The van der Waals surface area contributed by atoms with Gasteiger partial charge in [-0.3, -0.25) is 9.59 Å². The maximum Gasteiger partial charge on any atom is 0.282 e. The first kappa shape index (κ1) is 18.4. The van der Waals surface area contributed by atoms with Crippen LogP contribution in [-0.2, 0) is 16.0 Å². The van der Waals surface area contributed by atoms with Crippen molar-refractivity contribution in [1.29, 1.82) is 0 Å². The van der Waals surface area contributed by atoms with Crippen LogP contribution in [0.1, 0.15) is 10.4 Å². The SMILES string of the molecule is O=C1C(c2cccs2)=C(N2CCc3ccccc32)C(=O)N1c1cc(Cl)ccc1Cl. The van der Waals surface area contributed by atoms with E-state index in [2.05, 4.69) is 0 Å². The van der Waals surface area contributed by atoms with Gasteiger partial charge in [-0.2, -0.15) is 0 Å². The van der Waals surface area contributed by atoms with E-state index in [0.717, 1.165) is 27.4 Å². The van der Waals surface area contributed by atoms with Gasteiger partial charge in [0.15, 0.2) is 0 Å². The van der Waals surface area contributed by atoms with Crippen LogP contribution in [0.4, 0.5) is 11.4 Å². The highest BCUT2D eigenvalue weighted by atomic mass is 35.5. The van der Waals surface area contributed by atoms with Crippen LogP contribution in [0.2, 0.25) is 10.0 Å². The van der Waals surface area contributed by atoms with Crippen molar-refractivity contribution in [2.45, 2.75) is 6.42 Å². The first-order valence-corrected chi connectivity index (χ1v) is 10.7. The van der Waals surface area contributed by atoms with Crippen molar-refractivity contribution in [2.24, 2.45) is 0 Å². The summed E-state index contributed by atoms with van der Waals surface area (Å²) in [7, 11) is 0. The second kappa shape index (κ2) is 7.02. The number of fused-ring (bicyclic) bond motifs is 1. The molecule has 2 aromatic carbocycles. The molecule has 2 aliphatic rings. The van der Waals surface area contributed by atoms with Crippen molar-refractivity contribution in [3.63, 3.8) is 0 Å². The zero-order chi connectivity index (χ0) is 20.1. The van der Waals surface area contributed by atoms with Crippen molar-refractivity contribution in [3.8, 4) is 0 Å². The largest absolute Gasteiger partial charge is 0.336 e. The summed E-state index contributed by atoms with van der Waals surface area (Å²) in [5.41, 5.74) is 3.20. The van der Waals surface area contributed by atoms with Crippen LogP contribution in [0.15, 0.2) is 65.7 Å². The lowest BCUT2D eigenvalue weighted by atomic mass is 10.1. The summed E-state index contributed by atoms with van der Waals surface area (Å²) in [6.07, 6.45) is 0.816. The zero-order valence-electron chi connectivity index (χ0n) is 15.1. The van der Waals surface area contributed by atoms with Crippen LogP contribution >= 0.6 is 34.5 Å². The summed E-state index contributed by atoms with van der Waals surface area (Å²) >= 11 is 13.9. The fraction of sp³-hybridized carbons (Fsp3) is 0.0909. The molecule has 3 heterocycles. The number of halogens is 2. The van der Waals surface area contributed by atoms with Gasteiger partial charge in [-0.15, -0.1) is 11.3 Å². The number of hydrogen-bond acceptors (Lipinski definition) is 4. The fourth-order valence-electron chi connectivity index (χ4n) is 3.86. The normalized spacial score (nSPS) is 16.2. The topological polar surface area (TPSA) is 40.6 Å². The zero-order valence-corrected chi connectivity index (χ0v) is 17.4. The van der Waals surface area contributed by atoms with Crippen molar-refractivity contribution in [3.05, 3.63) is 86.2 Å². The van der Waals surface area contributed by atoms with Crippen LogP contribution < -0.4 is 9.80 Å². The number of amides is 2. The standard InChI is InChI=1S/C22H14Cl2N2O2S/c23-14-7-8-15(24)17(12-14)26-21(27)19(18-6-3-11-29-18)20(22(26)28)25-10-9-13-4-1-2-5-16(13)25/h1-8,11-12H,9-10H2. The molecule has 0 fully saturated rings. The average Bonchev–Trinajstić information content (AvgIpc) is 3.42. The number of carbonyl (C=O) groups excluding carboxylic acids is 2. The van der Waals surface area contributed by atoms with Crippen molar-refractivity contribution >= 4 is 63.3 Å². The molecule has 0 radical (unpaired) electrons. The lowest BCUT2D eigenvalue weighted by Crippen LogP contribution is -2.35. The molecule has 2 amide bonds. The number of anilines is 2. The highest BCUT2D eigenvalue weighted by Gasteiger charge is 2.45. The van der Waals surface area contributed by atoms with E-state index in [1.807, 2.05) is 46.7 Å². The number of carbonyl (C=O) groups is 2. The summed E-state index contributed by atoms with van der Waals surface area (Å²) in [5, 5.41) is 2.59. The van der Waals surface area contributed by atoms with E-state index in [1.165, 1.54) is 11.3 Å². The van der Waals surface area contributed by atoms with E-state index in [9.17, 15) is 9.59 Å². The minimum absolute atomic E-state index is 0.296. The Morgan fingerprint density at radius 2 is 1.72 bits per heavy atom. The Labute approximate surface area is 181 Å². The molecule has 0 atom stereocenters. The van der Waals surface area contributed by atoms with Gasteiger partial charge in [0.05, 0.1) is 16.3 Å². The second-order valence-corrected chi connectivity index (χ2v) is 8.56. The first-order chi connectivity index (χ1) is 14.1. The monoisotopic (exact) mass is 440 g/mol. The molecule has 7 heteroatoms. The minimum Gasteiger partial charge on any atom is -0.336 e. The van der Waals surface area contributed by atoms with E-state index in [-0.39, 0.29) is 11.8 Å². The van der Waals surface area contributed by atoms with Gasteiger partial charge in [0.25, 0.3) is 11.8 Å². The Morgan fingerprint density at radius 1 is 0.897 bits per heavy atom. The molecular weight excluding hydrogens is 427 g/mol. The van der Waals surface area contributed by atoms with Crippen LogP contribution in [-0.4, -0.2) is 18.4 Å². The molecule has 0 bridgehead atoms. The molecule has 4 nitrogen and oxygen atoms in total. The summed E-state index contributed by atoms with van der Waals surface area (Å²) in [4.78, 5) is 30.9. The predicted molar refractivity (Wildman–Crippen MR) is 118 cm³/mol. The van der Waals surface area contributed by atoms with Crippen molar-refractivity contribution < 1.29 is 9.59 Å². The minimum atomic E-state index is -0.390. The molecule has 1 aromatic heterocycles. The number of hydrogen-bond donors (Lipinski definition) is 0. The summed E-state index contributed by atoms with van der Waals surface area (Å²) in [5.74, 6) is -0.778. The van der Waals surface area contributed by atoms with Gasteiger partial charge < -0.3 is 4.90 Å². The highest BCUT2D eigenvalue weighted by molar-refractivity contribution is 7.11. The lowest BCUT2D eigenvalue weighted by Gasteiger charge is -2.22. The third-order valence-corrected chi connectivity index (χ3v) is 6.58. The maximum absolute atomic E-state index is 13.6. The number of benzene rings is 2. The highest BCUT2D eigenvalue weighted by Crippen LogP contribution is 2.42. The molecule has 0 saturated heterocycles. The summed E-state index contributed by atoms with van der Waals surface area (Å²) in [6, 6.07) is 16.4. The van der Waals surface area contributed by atoms with E-state index in [4.69, 9.17) is 23.2 Å². The number of thiophene rings is 1. The van der Waals surface area contributed by atoms with Gasteiger partial charge in [-0.1, -0.05) is 47.5 Å². The van der Waals surface area contributed by atoms with Crippen LogP contribution in [0, 0.1) is 0 Å². The van der Waals surface area contributed by atoms with E-state index >= 15 is 0 Å². The second-order valence-electron chi connectivity index (χ2n) is 6.77. The van der Waals surface area contributed by atoms with Gasteiger partial charge in [0, 0.05) is 22.1 Å². The van der Waals surface area contributed by atoms with E-state index < -0.39 is 0 Å². The Hall–Kier alpha value is -2.60. The third-order valence-electron chi connectivity index (χ3n) is 5.13. The van der Waals surface area contributed by atoms with Crippen molar-refractivity contribution in [1.82, 2.24) is 0 Å². The molecule has 2 aliphatic heterocycles. The van der Waals surface area contributed by atoms with E-state index in [0.29, 0.717) is 33.5 Å². The van der Waals surface area contributed by atoms with Crippen LogP contribution in [0.5, 0.6) is 0 Å². The molecule has 0 aliphatic carbocycles. The summed E-state index contributed by atoms with van der Waals surface area (Å²) in [6.45, 7) is 0.639. The predicted octanol–water partition coefficient (Wildman–Crippen LogP) is 5.40. The molecule has 0 N–H and O–H groups in total. The van der Waals surface area contributed by atoms with E-state index in [1.54, 1.807) is 18.2 Å². The molecule has 3 aromatic rings. The molecule has 0 spiro atoms. The van der Waals surface area contributed by atoms with Gasteiger partial charge in [-0.25, -0.2) is 4.90 Å². The Morgan fingerprint density at radius 3 is 2.52 bits per heavy atom. The summed E-state index contributed by atoms with van der Waals surface area (Å²) < 4.78 is 0. The van der Waals surface area contributed by atoms with Gasteiger partial charge >= 0.3 is 0 Å². The maximum atomic E-state index is 13.6. The number of imide groups is 1. The van der Waals surface area contributed by atoms with Gasteiger partial charge in [-0.05, 0) is 47.7 Å². The Bertz CT molecular complexity index is 1190. The third kappa shape index (κ3) is 2.89. The Kier molecular flexibility index (Phi) is 4.46. The number of nitrogens with zero attached hydrogens (tertiary/aromatic N) is 2. The average molecular weight is 441 g/mol. The van der Waals surface area contributed by atoms with Gasteiger partial charge in [0.1, 0.15) is 5.70 Å². The molecule has 29 heavy (non-hydrogen) atoms. The Balaban J connectivity index is 1.69. The lowest BCUT2D eigenvalue weighted by molar-refractivity contribution is -0.120.